The van der Waals surface area contributed by atoms with Gasteiger partial charge in [0.1, 0.15) is 11.6 Å². The van der Waals surface area contributed by atoms with E-state index in [1.165, 1.54) is 11.6 Å². The molecule has 192 valence electrons. The minimum Gasteiger partial charge on any atom is -0.493 e. The molecule has 2 aliphatic rings. The Hall–Kier alpha value is -3.71. The summed E-state index contributed by atoms with van der Waals surface area (Å²) in [7, 11) is 0. The molecule has 0 bridgehead atoms. The standard InChI is InChI=1S/C30H30FNO5/c1-2-36-27-15-19(16-30(34)35)7-8-24(27)22-9-10-26(31)23-11-13-32(18-25(22)23)29(33)17-28-21-6-4-3-5-20(21)12-14-37-28/h3-10,15,28H,2,11-14,16-18H2,1H3,(H,34,35)/t28-/m1/s1. The number of hydrogen-bond acceptors (Lipinski definition) is 4. The summed E-state index contributed by atoms with van der Waals surface area (Å²) in [6.45, 7) is 3.58. The molecule has 1 N–H and O–H groups in total. The lowest BCUT2D eigenvalue weighted by Gasteiger charge is -2.33. The summed E-state index contributed by atoms with van der Waals surface area (Å²) in [5.41, 5.74) is 5.82. The van der Waals surface area contributed by atoms with E-state index in [-0.39, 0.29) is 37.2 Å². The number of benzene rings is 3. The topological polar surface area (TPSA) is 76.1 Å². The van der Waals surface area contributed by atoms with Crippen molar-refractivity contribution in [2.45, 2.75) is 45.3 Å². The summed E-state index contributed by atoms with van der Waals surface area (Å²) in [6, 6.07) is 16.6. The highest BCUT2D eigenvalue weighted by atomic mass is 19.1. The summed E-state index contributed by atoms with van der Waals surface area (Å²) in [5, 5.41) is 9.19. The average Bonchev–Trinajstić information content (AvgIpc) is 2.89. The second-order valence-corrected chi connectivity index (χ2v) is 9.46. The van der Waals surface area contributed by atoms with Crippen LogP contribution in [0.15, 0.2) is 54.6 Å². The predicted octanol–water partition coefficient (Wildman–Crippen LogP) is 5.11. The van der Waals surface area contributed by atoms with Gasteiger partial charge in [-0.2, -0.15) is 0 Å². The third-order valence-corrected chi connectivity index (χ3v) is 7.15. The number of rotatable bonds is 7. The van der Waals surface area contributed by atoms with Crippen LogP contribution in [0.4, 0.5) is 4.39 Å². The molecule has 3 aromatic carbocycles. The van der Waals surface area contributed by atoms with Crippen molar-refractivity contribution in [2.24, 2.45) is 0 Å². The molecule has 2 aliphatic heterocycles. The highest BCUT2D eigenvalue weighted by Gasteiger charge is 2.30. The number of carbonyl (C=O) groups excluding carboxylic acids is 1. The molecule has 0 saturated carbocycles. The molecule has 0 radical (unpaired) electrons. The van der Waals surface area contributed by atoms with Gasteiger partial charge < -0.3 is 19.5 Å². The van der Waals surface area contributed by atoms with Crippen LogP contribution >= 0.6 is 0 Å². The molecular formula is C30H30FNO5. The lowest BCUT2D eigenvalue weighted by atomic mass is 9.89. The Bertz CT molecular complexity index is 1340. The molecule has 7 heteroatoms. The first-order chi connectivity index (χ1) is 17.9. The van der Waals surface area contributed by atoms with Gasteiger partial charge >= 0.3 is 5.97 Å². The van der Waals surface area contributed by atoms with E-state index in [0.717, 1.165) is 28.7 Å². The zero-order valence-corrected chi connectivity index (χ0v) is 20.8. The molecule has 2 heterocycles. The number of fused-ring (bicyclic) bond motifs is 2. The van der Waals surface area contributed by atoms with E-state index in [0.29, 0.717) is 43.1 Å². The lowest BCUT2D eigenvalue weighted by Crippen LogP contribution is -2.38. The third kappa shape index (κ3) is 5.23. The van der Waals surface area contributed by atoms with E-state index in [4.69, 9.17) is 9.47 Å². The monoisotopic (exact) mass is 503 g/mol. The van der Waals surface area contributed by atoms with E-state index in [1.807, 2.05) is 31.2 Å². The minimum absolute atomic E-state index is 0.0237. The van der Waals surface area contributed by atoms with E-state index in [1.54, 1.807) is 23.1 Å². The van der Waals surface area contributed by atoms with Crippen LogP contribution in [0.2, 0.25) is 0 Å². The molecule has 0 aromatic heterocycles. The molecule has 3 aromatic rings. The fourth-order valence-electron chi connectivity index (χ4n) is 5.38. The number of aliphatic carboxylic acids is 1. The number of nitrogens with zero attached hydrogens (tertiary/aromatic N) is 1. The highest BCUT2D eigenvalue weighted by molar-refractivity contribution is 5.80. The van der Waals surface area contributed by atoms with Crippen molar-refractivity contribution in [3.05, 3.63) is 88.2 Å². The smallest absolute Gasteiger partial charge is 0.307 e. The van der Waals surface area contributed by atoms with Crippen LogP contribution in [0.25, 0.3) is 11.1 Å². The molecule has 0 unspecified atom stereocenters. The van der Waals surface area contributed by atoms with Crippen molar-refractivity contribution in [3.8, 4) is 16.9 Å². The van der Waals surface area contributed by atoms with Crippen LogP contribution in [-0.2, 0) is 40.1 Å². The molecule has 0 saturated heterocycles. The number of ether oxygens (including phenoxy) is 2. The van der Waals surface area contributed by atoms with Gasteiger partial charge in [0.05, 0.1) is 32.2 Å². The molecule has 0 aliphatic carbocycles. The van der Waals surface area contributed by atoms with Crippen LogP contribution in [0.1, 0.15) is 47.3 Å². The van der Waals surface area contributed by atoms with Gasteiger partial charge in [-0.3, -0.25) is 9.59 Å². The Morgan fingerprint density at radius 3 is 2.70 bits per heavy atom. The lowest BCUT2D eigenvalue weighted by molar-refractivity contribution is -0.136. The van der Waals surface area contributed by atoms with E-state index in [2.05, 4.69) is 6.07 Å². The van der Waals surface area contributed by atoms with Crippen molar-refractivity contribution in [2.75, 3.05) is 19.8 Å². The summed E-state index contributed by atoms with van der Waals surface area (Å²) in [6.07, 6.45) is 1.11. The van der Waals surface area contributed by atoms with Crippen molar-refractivity contribution in [1.29, 1.82) is 0 Å². The molecule has 37 heavy (non-hydrogen) atoms. The van der Waals surface area contributed by atoms with E-state index in [9.17, 15) is 19.1 Å². The first kappa shape index (κ1) is 25.0. The maximum Gasteiger partial charge on any atom is 0.307 e. The number of carboxylic acid groups (broad SMARTS) is 1. The number of halogens is 1. The van der Waals surface area contributed by atoms with Gasteiger partial charge in [0, 0.05) is 18.7 Å². The second-order valence-electron chi connectivity index (χ2n) is 9.46. The Balaban J connectivity index is 1.43. The Kier molecular flexibility index (Phi) is 7.24. The van der Waals surface area contributed by atoms with Crippen LogP contribution in [-0.4, -0.2) is 41.6 Å². The quantitative estimate of drug-likeness (QED) is 0.485. The van der Waals surface area contributed by atoms with E-state index < -0.39 is 5.97 Å². The molecule has 1 amide bonds. The third-order valence-electron chi connectivity index (χ3n) is 7.15. The Labute approximate surface area is 215 Å². The van der Waals surface area contributed by atoms with Crippen LogP contribution in [0.3, 0.4) is 0 Å². The molecule has 6 nitrogen and oxygen atoms in total. The Morgan fingerprint density at radius 1 is 1.08 bits per heavy atom. The van der Waals surface area contributed by atoms with Gasteiger partial charge in [0.2, 0.25) is 5.91 Å². The summed E-state index contributed by atoms with van der Waals surface area (Å²) in [4.78, 5) is 26.4. The van der Waals surface area contributed by atoms with Gasteiger partial charge in [-0.25, -0.2) is 4.39 Å². The van der Waals surface area contributed by atoms with E-state index >= 15 is 0 Å². The van der Waals surface area contributed by atoms with Gasteiger partial charge in [-0.15, -0.1) is 0 Å². The highest BCUT2D eigenvalue weighted by Crippen LogP contribution is 2.38. The fourth-order valence-corrected chi connectivity index (χ4v) is 5.38. The molecule has 0 spiro atoms. The first-order valence-corrected chi connectivity index (χ1v) is 12.7. The van der Waals surface area contributed by atoms with Crippen LogP contribution < -0.4 is 4.74 Å². The second kappa shape index (κ2) is 10.7. The van der Waals surface area contributed by atoms with Crippen LogP contribution in [0.5, 0.6) is 5.75 Å². The molecule has 1 atom stereocenters. The Morgan fingerprint density at radius 2 is 1.89 bits per heavy atom. The summed E-state index contributed by atoms with van der Waals surface area (Å²) >= 11 is 0. The summed E-state index contributed by atoms with van der Waals surface area (Å²) in [5.74, 6) is -0.681. The minimum atomic E-state index is -0.923. The van der Waals surface area contributed by atoms with Crippen molar-refractivity contribution in [3.63, 3.8) is 0 Å². The number of hydrogen-bond donors (Lipinski definition) is 1. The van der Waals surface area contributed by atoms with Crippen molar-refractivity contribution < 1.29 is 28.6 Å². The van der Waals surface area contributed by atoms with Gasteiger partial charge in [0.15, 0.2) is 0 Å². The van der Waals surface area contributed by atoms with Gasteiger partial charge in [-0.05, 0) is 65.3 Å². The van der Waals surface area contributed by atoms with Crippen molar-refractivity contribution >= 4 is 11.9 Å². The molecular weight excluding hydrogens is 473 g/mol. The zero-order valence-electron chi connectivity index (χ0n) is 20.8. The van der Waals surface area contributed by atoms with Gasteiger partial charge in [-0.1, -0.05) is 42.5 Å². The predicted molar refractivity (Wildman–Crippen MR) is 137 cm³/mol. The number of carboxylic acids is 1. The van der Waals surface area contributed by atoms with Gasteiger partial charge in [0.25, 0.3) is 0 Å². The molecule has 5 rings (SSSR count). The SMILES string of the molecule is CCOc1cc(CC(=O)O)ccc1-c1ccc(F)c2c1CN(C(=O)C[C@H]1OCCc3ccccc31)CC2. The summed E-state index contributed by atoms with van der Waals surface area (Å²) < 4.78 is 26.7. The number of carbonyl (C=O) groups is 2. The maximum absolute atomic E-state index is 14.9. The molecule has 0 fully saturated rings. The maximum atomic E-state index is 14.9. The number of amides is 1. The normalized spacial score (nSPS) is 16.6. The van der Waals surface area contributed by atoms with Crippen molar-refractivity contribution in [1.82, 2.24) is 4.90 Å². The fraction of sp³-hybridized carbons (Fsp3) is 0.333. The first-order valence-electron chi connectivity index (χ1n) is 12.7. The largest absolute Gasteiger partial charge is 0.493 e. The average molecular weight is 504 g/mol. The van der Waals surface area contributed by atoms with Crippen LogP contribution in [0, 0.1) is 5.82 Å². The zero-order chi connectivity index (χ0) is 25.9.